The lowest BCUT2D eigenvalue weighted by Crippen LogP contribution is -2.57. The maximum absolute atomic E-state index is 12.6. The summed E-state index contributed by atoms with van der Waals surface area (Å²) in [6.45, 7) is 6.86. The Kier molecular flexibility index (Phi) is 6.78. The van der Waals surface area contributed by atoms with E-state index < -0.39 is 24.6 Å². The van der Waals surface area contributed by atoms with Gasteiger partial charge in [0.15, 0.2) is 15.8 Å². The van der Waals surface area contributed by atoms with Crippen molar-refractivity contribution < 1.29 is 16.8 Å². The van der Waals surface area contributed by atoms with Gasteiger partial charge >= 0.3 is 0 Å². The minimum atomic E-state index is -3.58. The van der Waals surface area contributed by atoms with Gasteiger partial charge in [-0.3, -0.25) is 0 Å². The number of guanidine groups is 1. The summed E-state index contributed by atoms with van der Waals surface area (Å²) >= 11 is 0. The van der Waals surface area contributed by atoms with Crippen LogP contribution in [-0.2, 0) is 26.4 Å². The van der Waals surface area contributed by atoms with Crippen molar-refractivity contribution in [2.24, 2.45) is 4.99 Å². The number of hydrogen-bond acceptors (Lipinski definition) is 5. The molecule has 0 aliphatic carbocycles. The van der Waals surface area contributed by atoms with E-state index in [1.165, 1.54) is 18.4 Å². The molecule has 0 atom stereocenters. The van der Waals surface area contributed by atoms with Crippen LogP contribution in [0.5, 0.6) is 0 Å². The molecule has 10 heteroatoms. The molecule has 0 aromatic heterocycles. The number of sulfonamides is 1. The smallest absolute Gasteiger partial charge is 0.242 e. The number of rotatable bonds is 5. The van der Waals surface area contributed by atoms with Gasteiger partial charge in [0.1, 0.15) is 0 Å². The standard InChI is InChI=1S/C18H30N4O4S2/c1-6-19-17(22-11-12-27(23,24)18(2,3)14-22)20-13-15-9-7-8-10-16(15)28(25,26)21(4)5/h7-10H,6,11-14H2,1-5H3,(H,19,20). The van der Waals surface area contributed by atoms with Gasteiger partial charge in [-0.05, 0) is 32.4 Å². The van der Waals surface area contributed by atoms with Gasteiger partial charge < -0.3 is 10.2 Å². The summed E-state index contributed by atoms with van der Waals surface area (Å²) in [5.74, 6) is 0.651. The van der Waals surface area contributed by atoms with E-state index in [0.717, 1.165) is 0 Å². The number of hydrogen-bond donors (Lipinski definition) is 1. The van der Waals surface area contributed by atoms with Crippen molar-refractivity contribution in [2.45, 2.75) is 37.0 Å². The van der Waals surface area contributed by atoms with E-state index in [9.17, 15) is 16.8 Å². The molecule has 0 unspecified atom stereocenters. The van der Waals surface area contributed by atoms with Crippen molar-refractivity contribution in [1.82, 2.24) is 14.5 Å². The van der Waals surface area contributed by atoms with E-state index in [4.69, 9.17) is 0 Å². The van der Waals surface area contributed by atoms with Crippen molar-refractivity contribution in [3.05, 3.63) is 29.8 Å². The van der Waals surface area contributed by atoms with Crippen LogP contribution in [0.4, 0.5) is 0 Å². The molecule has 1 fully saturated rings. The maximum Gasteiger partial charge on any atom is 0.242 e. The van der Waals surface area contributed by atoms with Crippen molar-refractivity contribution >= 4 is 25.8 Å². The van der Waals surface area contributed by atoms with Crippen molar-refractivity contribution in [1.29, 1.82) is 0 Å². The van der Waals surface area contributed by atoms with Crippen LogP contribution in [0.1, 0.15) is 26.3 Å². The molecule has 0 spiro atoms. The molecule has 1 saturated heterocycles. The Morgan fingerprint density at radius 3 is 2.50 bits per heavy atom. The van der Waals surface area contributed by atoms with Gasteiger partial charge in [0.25, 0.3) is 0 Å². The average molecular weight is 431 g/mol. The Balaban J connectivity index is 2.33. The highest BCUT2D eigenvalue weighted by molar-refractivity contribution is 7.92. The predicted octanol–water partition coefficient (Wildman–Crippen LogP) is 0.911. The van der Waals surface area contributed by atoms with Crippen LogP contribution < -0.4 is 5.32 Å². The number of nitrogens with one attached hydrogen (secondary N) is 1. The fourth-order valence-electron chi connectivity index (χ4n) is 2.99. The van der Waals surface area contributed by atoms with Gasteiger partial charge in [-0.15, -0.1) is 0 Å². The van der Waals surface area contributed by atoms with Gasteiger partial charge in [-0.25, -0.2) is 26.1 Å². The second-order valence-corrected chi connectivity index (χ2v) is 12.4. The molecule has 8 nitrogen and oxygen atoms in total. The molecule has 2 rings (SSSR count). The van der Waals surface area contributed by atoms with E-state index in [0.29, 0.717) is 31.2 Å². The number of aliphatic imine (C=N–C) groups is 1. The van der Waals surface area contributed by atoms with Gasteiger partial charge in [0.05, 0.1) is 21.9 Å². The molecule has 1 aliphatic heterocycles. The Morgan fingerprint density at radius 1 is 1.29 bits per heavy atom. The zero-order chi connectivity index (χ0) is 21.2. The van der Waals surface area contributed by atoms with Crippen LogP contribution in [0, 0.1) is 0 Å². The van der Waals surface area contributed by atoms with Gasteiger partial charge in [0.2, 0.25) is 10.0 Å². The van der Waals surface area contributed by atoms with Gasteiger partial charge in [-0.1, -0.05) is 18.2 Å². The SMILES string of the molecule is CCNC(=NCc1ccccc1S(=O)(=O)N(C)C)N1CCS(=O)(=O)C(C)(C)C1. The second kappa shape index (κ2) is 8.38. The van der Waals surface area contributed by atoms with E-state index in [-0.39, 0.29) is 17.2 Å². The summed E-state index contributed by atoms with van der Waals surface area (Å²) in [6.07, 6.45) is 0. The van der Waals surface area contributed by atoms with Crippen LogP contribution >= 0.6 is 0 Å². The zero-order valence-corrected chi connectivity index (χ0v) is 18.8. The van der Waals surface area contributed by atoms with E-state index in [1.54, 1.807) is 38.1 Å². The summed E-state index contributed by atoms with van der Waals surface area (Å²) < 4.78 is 50.0. The minimum Gasteiger partial charge on any atom is -0.357 e. The molecule has 0 bridgehead atoms. The van der Waals surface area contributed by atoms with E-state index in [1.807, 2.05) is 11.8 Å². The molecule has 1 N–H and O–H groups in total. The third-order valence-electron chi connectivity index (χ3n) is 4.81. The normalized spacial score (nSPS) is 19.6. The first-order valence-electron chi connectivity index (χ1n) is 9.18. The highest BCUT2D eigenvalue weighted by atomic mass is 32.2. The van der Waals surface area contributed by atoms with Crippen molar-refractivity contribution in [3.63, 3.8) is 0 Å². The van der Waals surface area contributed by atoms with Crippen molar-refractivity contribution in [3.8, 4) is 0 Å². The third-order valence-corrected chi connectivity index (χ3v) is 9.26. The lowest BCUT2D eigenvalue weighted by molar-refractivity contribution is 0.353. The summed E-state index contributed by atoms with van der Waals surface area (Å²) in [4.78, 5) is 6.76. The molecular weight excluding hydrogens is 400 g/mol. The molecule has 1 aromatic rings. The first-order valence-corrected chi connectivity index (χ1v) is 12.3. The van der Waals surface area contributed by atoms with E-state index >= 15 is 0 Å². The molecule has 1 aromatic carbocycles. The molecule has 0 amide bonds. The van der Waals surface area contributed by atoms with E-state index in [2.05, 4.69) is 10.3 Å². The fraction of sp³-hybridized carbons (Fsp3) is 0.611. The summed E-state index contributed by atoms with van der Waals surface area (Å²) in [5, 5.41) is 3.19. The topological polar surface area (TPSA) is 99.2 Å². The van der Waals surface area contributed by atoms with Crippen LogP contribution in [-0.4, -0.2) is 76.2 Å². The fourth-order valence-corrected chi connectivity index (χ4v) is 5.47. The molecular formula is C18H30N4O4S2. The summed E-state index contributed by atoms with van der Waals surface area (Å²) in [7, 11) is -3.74. The second-order valence-electron chi connectivity index (χ2n) is 7.57. The maximum atomic E-state index is 12.6. The van der Waals surface area contributed by atoms with Crippen LogP contribution in [0.2, 0.25) is 0 Å². The Hall–Kier alpha value is -1.65. The molecule has 1 heterocycles. The summed E-state index contributed by atoms with van der Waals surface area (Å²) in [6, 6.07) is 6.79. The number of nitrogens with zero attached hydrogens (tertiary/aromatic N) is 3. The lowest BCUT2D eigenvalue weighted by atomic mass is 10.2. The molecule has 158 valence electrons. The number of sulfone groups is 1. The first-order chi connectivity index (χ1) is 12.9. The van der Waals surface area contributed by atoms with Crippen LogP contribution in [0.3, 0.4) is 0 Å². The Bertz CT molecular complexity index is 938. The average Bonchev–Trinajstić information content (AvgIpc) is 2.61. The van der Waals surface area contributed by atoms with Crippen LogP contribution in [0.15, 0.2) is 34.2 Å². The quantitative estimate of drug-likeness (QED) is 0.551. The Morgan fingerprint density at radius 2 is 1.93 bits per heavy atom. The highest BCUT2D eigenvalue weighted by Gasteiger charge is 2.41. The van der Waals surface area contributed by atoms with Gasteiger partial charge in [-0.2, -0.15) is 0 Å². The first kappa shape index (κ1) is 22.6. The molecule has 28 heavy (non-hydrogen) atoms. The minimum absolute atomic E-state index is 0.0655. The molecule has 1 aliphatic rings. The molecule has 0 saturated carbocycles. The van der Waals surface area contributed by atoms with Crippen molar-refractivity contribution in [2.75, 3.05) is 39.5 Å². The van der Waals surface area contributed by atoms with Crippen LogP contribution in [0.25, 0.3) is 0 Å². The monoisotopic (exact) mass is 430 g/mol. The third kappa shape index (κ3) is 4.66. The van der Waals surface area contributed by atoms with Gasteiger partial charge in [0, 0.05) is 33.7 Å². The summed E-state index contributed by atoms with van der Waals surface area (Å²) in [5.41, 5.74) is 0.593. The molecule has 0 radical (unpaired) electrons. The number of benzene rings is 1. The largest absolute Gasteiger partial charge is 0.357 e. The highest BCUT2D eigenvalue weighted by Crippen LogP contribution is 2.24. The predicted molar refractivity (Wildman–Crippen MR) is 112 cm³/mol. The lowest BCUT2D eigenvalue weighted by Gasteiger charge is -2.39. The zero-order valence-electron chi connectivity index (χ0n) is 17.1. The Labute approximate surface area is 168 Å².